The number of nitrogens with two attached hydrogens (primary N) is 1. The second kappa shape index (κ2) is 5.14. The molecule has 0 aliphatic heterocycles. The number of hydrogen-bond acceptors (Lipinski definition) is 2. The lowest BCUT2D eigenvalue weighted by atomic mass is 10.2. The predicted octanol–water partition coefficient (Wildman–Crippen LogP) is 2.42. The van der Waals surface area contributed by atoms with Crippen LogP contribution in [0.5, 0.6) is 0 Å². The van der Waals surface area contributed by atoms with Crippen molar-refractivity contribution >= 4 is 11.6 Å². The van der Waals surface area contributed by atoms with Gasteiger partial charge >= 0.3 is 0 Å². The highest BCUT2D eigenvalue weighted by Gasteiger charge is 2.01. The molecule has 4 heteroatoms. The Bertz CT molecular complexity index is 465. The van der Waals surface area contributed by atoms with E-state index in [1.165, 1.54) is 5.56 Å². The highest BCUT2D eigenvalue weighted by molar-refractivity contribution is 6.30. The lowest BCUT2D eigenvalue weighted by Crippen LogP contribution is -1.99. The van der Waals surface area contributed by atoms with Gasteiger partial charge in [-0.25, -0.2) is 4.68 Å². The summed E-state index contributed by atoms with van der Waals surface area (Å²) in [5.74, 6) is 0. The van der Waals surface area contributed by atoms with E-state index >= 15 is 0 Å². The van der Waals surface area contributed by atoms with Gasteiger partial charge in [-0.3, -0.25) is 0 Å². The van der Waals surface area contributed by atoms with Crippen LogP contribution in [0, 0.1) is 0 Å². The minimum atomic E-state index is 0.711. The van der Waals surface area contributed by atoms with Gasteiger partial charge < -0.3 is 5.73 Å². The average Bonchev–Trinajstić information content (AvgIpc) is 2.75. The van der Waals surface area contributed by atoms with E-state index in [0.29, 0.717) is 6.54 Å². The Morgan fingerprint density at radius 2 is 2.25 bits per heavy atom. The highest BCUT2D eigenvalue weighted by atomic mass is 35.5. The van der Waals surface area contributed by atoms with Gasteiger partial charge in [0.25, 0.3) is 0 Å². The van der Waals surface area contributed by atoms with E-state index in [0.717, 1.165) is 23.6 Å². The topological polar surface area (TPSA) is 43.8 Å². The van der Waals surface area contributed by atoms with Gasteiger partial charge in [0, 0.05) is 11.2 Å². The Labute approximate surface area is 99.8 Å². The van der Waals surface area contributed by atoms with Gasteiger partial charge in [0.05, 0.1) is 11.9 Å². The number of nitrogens with zero attached hydrogens (tertiary/aromatic N) is 2. The maximum absolute atomic E-state index is 5.93. The quantitative estimate of drug-likeness (QED) is 0.885. The zero-order valence-corrected chi connectivity index (χ0v) is 9.69. The first-order valence-electron chi connectivity index (χ1n) is 5.29. The number of benzene rings is 1. The lowest BCUT2D eigenvalue weighted by molar-refractivity contribution is 0.831. The minimum absolute atomic E-state index is 0.711. The molecule has 1 aromatic heterocycles. The van der Waals surface area contributed by atoms with E-state index < -0.39 is 0 Å². The van der Waals surface area contributed by atoms with Crippen LogP contribution in [0.2, 0.25) is 5.02 Å². The molecule has 16 heavy (non-hydrogen) atoms. The predicted molar refractivity (Wildman–Crippen MR) is 65.9 cm³/mol. The third-order valence-electron chi connectivity index (χ3n) is 2.38. The highest BCUT2D eigenvalue weighted by Crippen LogP contribution is 2.14. The summed E-state index contributed by atoms with van der Waals surface area (Å²) in [6, 6.07) is 7.63. The Kier molecular flexibility index (Phi) is 3.59. The molecule has 0 fully saturated rings. The van der Waals surface area contributed by atoms with Crippen molar-refractivity contribution in [3.8, 4) is 5.69 Å². The average molecular weight is 236 g/mol. The van der Waals surface area contributed by atoms with E-state index in [2.05, 4.69) is 5.10 Å². The van der Waals surface area contributed by atoms with Gasteiger partial charge in [0.15, 0.2) is 0 Å². The first-order chi connectivity index (χ1) is 7.79. The Balaban J connectivity index is 2.18. The fraction of sp³-hybridized carbons (Fsp3) is 0.250. The maximum Gasteiger partial charge on any atom is 0.0660 e. The molecule has 0 aliphatic carbocycles. The van der Waals surface area contributed by atoms with Crippen LogP contribution < -0.4 is 5.73 Å². The number of halogens is 1. The molecule has 0 radical (unpaired) electrons. The van der Waals surface area contributed by atoms with E-state index in [1.54, 1.807) is 0 Å². The molecule has 0 saturated carbocycles. The Hall–Kier alpha value is -1.32. The lowest BCUT2D eigenvalue weighted by Gasteiger charge is -2.00. The zero-order chi connectivity index (χ0) is 11.4. The van der Waals surface area contributed by atoms with Gasteiger partial charge in [-0.05, 0) is 43.1 Å². The molecule has 0 spiro atoms. The van der Waals surface area contributed by atoms with Gasteiger partial charge in [0.1, 0.15) is 0 Å². The molecule has 2 rings (SSSR count). The number of rotatable bonds is 4. The van der Waals surface area contributed by atoms with Gasteiger partial charge in [-0.15, -0.1) is 0 Å². The van der Waals surface area contributed by atoms with Crippen molar-refractivity contribution in [1.82, 2.24) is 9.78 Å². The molecular formula is C12H14ClN3. The van der Waals surface area contributed by atoms with E-state index in [4.69, 9.17) is 17.3 Å². The van der Waals surface area contributed by atoms with E-state index in [9.17, 15) is 0 Å². The molecule has 0 saturated heterocycles. The van der Waals surface area contributed by atoms with Crippen molar-refractivity contribution in [3.63, 3.8) is 0 Å². The third-order valence-corrected chi connectivity index (χ3v) is 2.61. The van der Waals surface area contributed by atoms with Crippen LogP contribution >= 0.6 is 11.6 Å². The smallest absolute Gasteiger partial charge is 0.0660 e. The number of aromatic nitrogens is 2. The molecule has 0 aliphatic rings. The molecule has 0 bridgehead atoms. The van der Waals surface area contributed by atoms with Crippen molar-refractivity contribution in [3.05, 3.63) is 47.2 Å². The molecule has 0 amide bonds. The molecule has 3 nitrogen and oxygen atoms in total. The third kappa shape index (κ3) is 2.62. The summed E-state index contributed by atoms with van der Waals surface area (Å²) in [6.07, 6.45) is 5.84. The van der Waals surface area contributed by atoms with Crippen LogP contribution in [0.1, 0.15) is 12.0 Å². The summed E-state index contributed by atoms with van der Waals surface area (Å²) in [5, 5.41) is 5.02. The van der Waals surface area contributed by atoms with Crippen LogP contribution in [-0.2, 0) is 6.42 Å². The first kappa shape index (κ1) is 11.2. The zero-order valence-electron chi connectivity index (χ0n) is 8.94. The SMILES string of the molecule is NCCCc1cnn(-c2cccc(Cl)c2)c1. The molecule has 2 aromatic rings. The molecule has 2 N–H and O–H groups in total. The summed E-state index contributed by atoms with van der Waals surface area (Å²) < 4.78 is 1.83. The van der Waals surface area contributed by atoms with Gasteiger partial charge in [-0.1, -0.05) is 17.7 Å². The van der Waals surface area contributed by atoms with Crippen LogP contribution in [0.4, 0.5) is 0 Å². The van der Waals surface area contributed by atoms with Crippen LogP contribution in [-0.4, -0.2) is 16.3 Å². The van der Waals surface area contributed by atoms with E-state index in [1.807, 2.05) is 41.3 Å². The molecule has 0 atom stereocenters. The Morgan fingerprint density at radius 3 is 3.00 bits per heavy atom. The first-order valence-corrected chi connectivity index (χ1v) is 5.67. The van der Waals surface area contributed by atoms with Gasteiger partial charge in [-0.2, -0.15) is 5.10 Å². The second-order valence-corrected chi connectivity index (χ2v) is 4.10. The van der Waals surface area contributed by atoms with Crippen LogP contribution in [0.15, 0.2) is 36.7 Å². The van der Waals surface area contributed by atoms with Crippen molar-refractivity contribution in [2.75, 3.05) is 6.54 Å². The largest absolute Gasteiger partial charge is 0.330 e. The number of aryl methyl sites for hydroxylation is 1. The fourth-order valence-corrected chi connectivity index (χ4v) is 1.74. The Morgan fingerprint density at radius 1 is 1.38 bits per heavy atom. The molecule has 1 heterocycles. The second-order valence-electron chi connectivity index (χ2n) is 3.67. The van der Waals surface area contributed by atoms with Crippen molar-refractivity contribution in [2.45, 2.75) is 12.8 Å². The molecular weight excluding hydrogens is 222 g/mol. The normalized spacial score (nSPS) is 10.6. The van der Waals surface area contributed by atoms with Crippen molar-refractivity contribution < 1.29 is 0 Å². The van der Waals surface area contributed by atoms with Crippen LogP contribution in [0.3, 0.4) is 0 Å². The summed E-state index contributed by atoms with van der Waals surface area (Å²) in [4.78, 5) is 0. The minimum Gasteiger partial charge on any atom is -0.330 e. The summed E-state index contributed by atoms with van der Waals surface area (Å²) >= 11 is 5.93. The molecule has 84 valence electrons. The van der Waals surface area contributed by atoms with E-state index in [-0.39, 0.29) is 0 Å². The monoisotopic (exact) mass is 235 g/mol. The summed E-state index contributed by atoms with van der Waals surface area (Å²) in [7, 11) is 0. The fourth-order valence-electron chi connectivity index (χ4n) is 1.56. The summed E-state index contributed by atoms with van der Waals surface area (Å²) in [5.41, 5.74) is 7.65. The molecule has 1 aromatic carbocycles. The van der Waals surface area contributed by atoms with Crippen molar-refractivity contribution in [2.24, 2.45) is 5.73 Å². The standard InChI is InChI=1S/C12H14ClN3/c13-11-4-1-5-12(7-11)16-9-10(8-15-16)3-2-6-14/h1,4-5,7-9H,2-3,6,14H2. The van der Waals surface area contributed by atoms with Crippen LogP contribution in [0.25, 0.3) is 5.69 Å². The van der Waals surface area contributed by atoms with Crippen molar-refractivity contribution in [1.29, 1.82) is 0 Å². The molecule has 0 unspecified atom stereocenters. The maximum atomic E-state index is 5.93. The van der Waals surface area contributed by atoms with Gasteiger partial charge in [0.2, 0.25) is 0 Å². The summed E-state index contributed by atoms with van der Waals surface area (Å²) in [6.45, 7) is 0.711. The number of hydrogen-bond donors (Lipinski definition) is 1.